The van der Waals surface area contributed by atoms with Gasteiger partial charge in [0.15, 0.2) is 5.96 Å². The molecule has 6 nitrogen and oxygen atoms in total. The van der Waals surface area contributed by atoms with Crippen molar-refractivity contribution < 1.29 is 9.47 Å². The zero-order valence-corrected chi connectivity index (χ0v) is 20.4. The summed E-state index contributed by atoms with van der Waals surface area (Å²) in [5.41, 5.74) is 4.93. The smallest absolute Gasteiger partial charge is 0.191 e. The molecule has 164 valence electrons. The van der Waals surface area contributed by atoms with Crippen LogP contribution < -0.4 is 20.3 Å². The van der Waals surface area contributed by atoms with Crippen molar-refractivity contribution in [1.29, 1.82) is 0 Å². The molecule has 1 aliphatic rings. The molecule has 1 fully saturated rings. The predicted molar refractivity (Wildman–Crippen MR) is 135 cm³/mol. The van der Waals surface area contributed by atoms with Gasteiger partial charge in [0.05, 0.1) is 20.3 Å². The summed E-state index contributed by atoms with van der Waals surface area (Å²) in [6.45, 7) is 7.03. The van der Waals surface area contributed by atoms with Crippen LogP contribution in [0.1, 0.15) is 16.7 Å². The van der Waals surface area contributed by atoms with E-state index in [0.29, 0.717) is 0 Å². The summed E-state index contributed by atoms with van der Waals surface area (Å²) in [6, 6.07) is 14.9. The van der Waals surface area contributed by atoms with Crippen molar-refractivity contribution in [2.24, 2.45) is 4.99 Å². The average Bonchev–Trinajstić information content (AvgIpc) is 2.78. The molecule has 0 atom stereocenters. The molecule has 0 amide bonds. The number of aliphatic imine (C=N–C) groups is 1. The minimum absolute atomic E-state index is 0. The molecule has 3 rings (SSSR count). The zero-order chi connectivity index (χ0) is 20.5. The summed E-state index contributed by atoms with van der Waals surface area (Å²) in [5, 5.41) is 6.84. The van der Waals surface area contributed by atoms with Crippen LogP contribution in [0.4, 0.5) is 5.69 Å². The number of anilines is 1. The zero-order valence-electron chi connectivity index (χ0n) is 18.1. The molecule has 2 N–H and O–H groups in total. The van der Waals surface area contributed by atoms with Gasteiger partial charge in [0.25, 0.3) is 0 Å². The number of aryl methyl sites for hydroxylation is 1. The molecule has 0 aliphatic carbocycles. The van der Waals surface area contributed by atoms with Crippen LogP contribution in [0.3, 0.4) is 0 Å². The van der Waals surface area contributed by atoms with Gasteiger partial charge in [-0.15, -0.1) is 24.0 Å². The Morgan fingerprint density at radius 2 is 1.90 bits per heavy atom. The molecule has 7 heteroatoms. The van der Waals surface area contributed by atoms with Gasteiger partial charge < -0.3 is 25.0 Å². The lowest BCUT2D eigenvalue weighted by Crippen LogP contribution is -2.39. The Balaban J connectivity index is 0.00000320. The minimum atomic E-state index is 0. The first kappa shape index (κ1) is 24.3. The van der Waals surface area contributed by atoms with Gasteiger partial charge in [-0.1, -0.05) is 30.3 Å². The molecule has 0 spiro atoms. The molecule has 0 bridgehead atoms. The maximum Gasteiger partial charge on any atom is 0.191 e. The van der Waals surface area contributed by atoms with E-state index >= 15 is 0 Å². The molecule has 0 saturated carbocycles. The molecule has 0 unspecified atom stereocenters. The molecule has 2 aromatic rings. The van der Waals surface area contributed by atoms with Gasteiger partial charge in [0.2, 0.25) is 0 Å². The van der Waals surface area contributed by atoms with Crippen molar-refractivity contribution in [3.63, 3.8) is 0 Å². The molecule has 2 aromatic carbocycles. The third-order valence-electron chi connectivity index (χ3n) is 5.19. The van der Waals surface area contributed by atoms with Gasteiger partial charge >= 0.3 is 0 Å². The number of ether oxygens (including phenoxy) is 2. The highest BCUT2D eigenvalue weighted by Crippen LogP contribution is 2.21. The van der Waals surface area contributed by atoms with Crippen molar-refractivity contribution >= 4 is 35.6 Å². The summed E-state index contributed by atoms with van der Waals surface area (Å²) in [4.78, 5) is 6.75. The van der Waals surface area contributed by atoms with E-state index in [-0.39, 0.29) is 24.0 Å². The lowest BCUT2D eigenvalue weighted by molar-refractivity contribution is 0.122. The fraction of sp³-hybridized carbons (Fsp3) is 0.435. The first-order valence-corrected chi connectivity index (χ1v) is 10.2. The fourth-order valence-electron chi connectivity index (χ4n) is 3.52. The van der Waals surface area contributed by atoms with Crippen molar-refractivity contribution in [3.05, 3.63) is 59.2 Å². The third kappa shape index (κ3) is 6.77. The van der Waals surface area contributed by atoms with Crippen LogP contribution >= 0.6 is 24.0 Å². The quantitative estimate of drug-likeness (QED) is 0.331. The maximum absolute atomic E-state index is 5.48. The number of guanidine groups is 1. The van der Waals surface area contributed by atoms with Crippen LogP contribution in [0, 0.1) is 6.92 Å². The number of para-hydroxylation sites is 1. The van der Waals surface area contributed by atoms with E-state index in [0.717, 1.165) is 63.1 Å². The van der Waals surface area contributed by atoms with E-state index < -0.39 is 0 Å². The molecule has 1 aliphatic heterocycles. The van der Waals surface area contributed by atoms with E-state index in [4.69, 9.17) is 9.47 Å². The minimum Gasteiger partial charge on any atom is -0.496 e. The summed E-state index contributed by atoms with van der Waals surface area (Å²) >= 11 is 0. The molecular formula is C23H33IN4O2. The summed E-state index contributed by atoms with van der Waals surface area (Å²) < 4.78 is 10.9. The number of halogens is 1. The van der Waals surface area contributed by atoms with Crippen molar-refractivity contribution in [2.45, 2.75) is 19.9 Å². The Bertz CT molecular complexity index is 823. The average molecular weight is 524 g/mol. The second kappa shape index (κ2) is 12.6. The highest BCUT2D eigenvalue weighted by Gasteiger charge is 2.14. The standard InChI is InChI=1S/C23H32N4O2.HI/c1-18-8-9-19(16-22(18)28-3)10-11-25-23(24-2)26-17-20-6-4-5-7-21(20)27-12-14-29-15-13-27;/h4-9,16H,10-15,17H2,1-3H3,(H2,24,25,26);1H. The Morgan fingerprint density at radius 1 is 1.13 bits per heavy atom. The normalized spacial score (nSPS) is 14.1. The van der Waals surface area contributed by atoms with E-state index in [1.54, 1.807) is 14.2 Å². The van der Waals surface area contributed by atoms with Gasteiger partial charge in [-0.05, 0) is 42.2 Å². The molecule has 1 heterocycles. The van der Waals surface area contributed by atoms with Gasteiger partial charge in [-0.2, -0.15) is 0 Å². The van der Waals surface area contributed by atoms with Gasteiger partial charge in [0, 0.05) is 38.9 Å². The Hall–Kier alpha value is -2.00. The van der Waals surface area contributed by atoms with Crippen LogP contribution in [0.25, 0.3) is 0 Å². The first-order chi connectivity index (χ1) is 14.2. The first-order valence-electron chi connectivity index (χ1n) is 10.2. The number of nitrogens with one attached hydrogen (secondary N) is 2. The maximum atomic E-state index is 5.48. The topological polar surface area (TPSA) is 58.1 Å². The highest BCUT2D eigenvalue weighted by molar-refractivity contribution is 14.0. The summed E-state index contributed by atoms with van der Waals surface area (Å²) in [7, 11) is 3.52. The largest absolute Gasteiger partial charge is 0.496 e. The molecule has 1 saturated heterocycles. The number of nitrogens with zero attached hydrogens (tertiary/aromatic N) is 2. The van der Waals surface area contributed by atoms with E-state index in [1.807, 2.05) is 0 Å². The Labute approximate surface area is 197 Å². The van der Waals surface area contributed by atoms with Gasteiger partial charge in [-0.25, -0.2) is 0 Å². The molecule has 30 heavy (non-hydrogen) atoms. The van der Waals surface area contributed by atoms with Crippen molar-refractivity contribution in [2.75, 3.05) is 51.9 Å². The number of rotatable bonds is 7. The number of hydrogen-bond donors (Lipinski definition) is 2. The molecule has 0 radical (unpaired) electrons. The molecular weight excluding hydrogens is 491 g/mol. The van der Waals surface area contributed by atoms with Crippen LogP contribution in [-0.2, 0) is 17.7 Å². The fourth-order valence-corrected chi connectivity index (χ4v) is 3.52. The van der Waals surface area contributed by atoms with Crippen molar-refractivity contribution in [1.82, 2.24) is 10.6 Å². The number of morpholine rings is 1. The second-order valence-corrected chi connectivity index (χ2v) is 7.13. The Kier molecular flexibility index (Phi) is 10.2. The SMILES string of the molecule is CN=C(NCCc1ccc(C)c(OC)c1)NCc1ccccc1N1CCOCC1.I. The predicted octanol–water partition coefficient (Wildman–Crippen LogP) is 3.37. The van der Waals surface area contributed by atoms with Crippen molar-refractivity contribution in [3.8, 4) is 5.75 Å². The second-order valence-electron chi connectivity index (χ2n) is 7.13. The van der Waals surface area contributed by atoms with Crippen LogP contribution in [-0.4, -0.2) is 53.0 Å². The van der Waals surface area contributed by atoms with Gasteiger partial charge in [-0.3, -0.25) is 4.99 Å². The summed E-state index contributed by atoms with van der Waals surface area (Å²) in [6.07, 6.45) is 0.904. The van der Waals surface area contributed by atoms with E-state index in [2.05, 4.69) is 69.9 Å². The number of hydrogen-bond acceptors (Lipinski definition) is 4. The van der Waals surface area contributed by atoms with Crippen LogP contribution in [0.5, 0.6) is 5.75 Å². The van der Waals surface area contributed by atoms with E-state index in [9.17, 15) is 0 Å². The number of methoxy groups -OCH3 is 1. The third-order valence-corrected chi connectivity index (χ3v) is 5.19. The summed E-state index contributed by atoms with van der Waals surface area (Å²) in [5.74, 6) is 1.74. The van der Waals surface area contributed by atoms with Gasteiger partial charge in [0.1, 0.15) is 5.75 Å². The van der Waals surface area contributed by atoms with Crippen LogP contribution in [0.15, 0.2) is 47.5 Å². The lowest BCUT2D eigenvalue weighted by atomic mass is 10.1. The van der Waals surface area contributed by atoms with Crippen LogP contribution in [0.2, 0.25) is 0 Å². The van der Waals surface area contributed by atoms with E-state index in [1.165, 1.54) is 16.8 Å². The Morgan fingerprint density at radius 3 is 2.63 bits per heavy atom. The highest BCUT2D eigenvalue weighted by atomic mass is 127. The number of benzene rings is 2. The molecule has 0 aromatic heterocycles. The lowest BCUT2D eigenvalue weighted by Gasteiger charge is -2.30. The monoisotopic (exact) mass is 524 g/mol.